The third-order valence-corrected chi connectivity index (χ3v) is 6.36. The number of amides is 1. The molecule has 0 fully saturated rings. The van der Waals surface area contributed by atoms with Crippen LogP contribution in [0.4, 0.5) is 0 Å². The van der Waals surface area contributed by atoms with E-state index in [9.17, 15) is 4.79 Å². The first-order valence-corrected chi connectivity index (χ1v) is 11.2. The highest BCUT2D eigenvalue weighted by Crippen LogP contribution is 2.34. The van der Waals surface area contributed by atoms with Crippen LogP contribution in [0.2, 0.25) is 0 Å². The van der Waals surface area contributed by atoms with Crippen molar-refractivity contribution in [1.29, 1.82) is 0 Å². The zero-order chi connectivity index (χ0) is 20.7. The smallest absolute Gasteiger partial charge is 0.276 e. The summed E-state index contributed by atoms with van der Waals surface area (Å²) in [6, 6.07) is 20.1. The maximum Gasteiger partial charge on any atom is 0.276 e. The van der Waals surface area contributed by atoms with E-state index in [1.807, 2.05) is 36.4 Å². The van der Waals surface area contributed by atoms with Crippen molar-refractivity contribution >= 4 is 55.2 Å². The number of amidine groups is 1. The van der Waals surface area contributed by atoms with Crippen molar-refractivity contribution in [3.8, 4) is 0 Å². The maximum atomic E-state index is 13.1. The molecule has 1 amide bonds. The summed E-state index contributed by atoms with van der Waals surface area (Å²) in [6.07, 6.45) is 1.35. The van der Waals surface area contributed by atoms with Gasteiger partial charge in [-0.15, -0.1) is 11.7 Å². The Morgan fingerprint density at radius 2 is 2.00 bits per heavy atom. The molecule has 0 bridgehead atoms. The van der Waals surface area contributed by atoms with Gasteiger partial charge in [-0.2, -0.15) is 0 Å². The molecule has 0 saturated heterocycles. The predicted octanol–water partition coefficient (Wildman–Crippen LogP) is 3.66. The molecule has 5 nitrogen and oxygen atoms in total. The van der Waals surface area contributed by atoms with Crippen molar-refractivity contribution in [3.05, 3.63) is 93.9 Å². The fraction of sp³-hybridized carbons (Fsp3) is 0.0870. The molecule has 5 rings (SSSR count). The number of halogens is 1. The van der Waals surface area contributed by atoms with Crippen LogP contribution in [0.15, 0.2) is 87.9 Å². The van der Waals surface area contributed by atoms with Crippen LogP contribution in [-0.4, -0.2) is 21.8 Å². The van der Waals surface area contributed by atoms with Gasteiger partial charge in [0.05, 0.1) is 5.36 Å². The van der Waals surface area contributed by atoms with Crippen LogP contribution in [-0.2, 0) is 4.79 Å². The molecule has 148 valence electrons. The van der Waals surface area contributed by atoms with E-state index in [1.165, 1.54) is 11.8 Å². The minimum Gasteiger partial charge on any atom is -0.298 e. The van der Waals surface area contributed by atoms with Gasteiger partial charge in [-0.05, 0) is 29.0 Å². The summed E-state index contributed by atoms with van der Waals surface area (Å²) in [4.78, 5) is 18.2. The van der Waals surface area contributed by atoms with Crippen LogP contribution >= 0.6 is 27.7 Å². The number of hydrazone groups is 1. The van der Waals surface area contributed by atoms with Crippen molar-refractivity contribution in [1.82, 2.24) is 10.3 Å². The van der Waals surface area contributed by atoms with Crippen LogP contribution in [0.1, 0.15) is 11.7 Å². The van der Waals surface area contributed by atoms with Gasteiger partial charge in [0.25, 0.3) is 5.91 Å². The van der Waals surface area contributed by atoms with E-state index >= 15 is 0 Å². The van der Waals surface area contributed by atoms with Gasteiger partial charge < -0.3 is 0 Å². The van der Waals surface area contributed by atoms with Gasteiger partial charge in [-0.3, -0.25) is 15.1 Å². The van der Waals surface area contributed by atoms with Crippen molar-refractivity contribution in [3.63, 3.8) is 0 Å². The molecule has 0 spiro atoms. The molecule has 2 aliphatic rings. The molecule has 0 aliphatic carbocycles. The Morgan fingerprint density at radius 3 is 2.87 bits per heavy atom. The lowest BCUT2D eigenvalue weighted by molar-refractivity contribution is -0.116. The lowest BCUT2D eigenvalue weighted by Crippen LogP contribution is -2.50. The Hall–Kier alpha value is -2.90. The minimum absolute atomic E-state index is 0.184. The highest BCUT2D eigenvalue weighted by Gasteiger charge is 2.35. The summed E-state index contributed by atoms with van der Waals surface area (Å²) in [5.74, 6) is 0.469. The van der Waals surface area contributed by atoms with Crippen molar-refractivity contribution < 1.29 is 4.79 Å². The molecular weight excluding hydrogens is 460 g/mol. The number of nitrogens with zero attached hydrogens (tertiary/aromatic N) is 3. The number of carbonyl (C=O) groups is 1. The van der Waals surface area contributed by atoms with E-state index in [2.05, 4.69) is 52.1 Å². The molecule has 1 N–H and O–H groups in total. The molecule has 0 aromatic heterocycles. The number of fused-ring (bicyclic) bond motifs is 3. The van der Waals surface area contributed by atoms with Gasteiger partial charge >= 0.3 is 0 Å². The number of benzene rings is 3. The fourth-order valence-electron chi connectivity index (χ4n) is 3.73. The highest BCUT2D eigenvalue weighted by molar-refractivity contribution is 9.10. The average molecular weight is 477 g/mol. The minimum atomic E-state index is -0.440. The Balaban J connectivity index is 1.78. The topological polar surface area (TPSA) is 57.1 Å². The number of rotatable bonds is 3. The lowest BCUT2D eigenvalue weighted by atomic mass is 10.0. The van der Waals surface area contributed by atoms with Crippen molar-refractivity contribution in [2.75, 3.05) is 5.75 Å². The monoisotopic (exact) mass is 476 g/mol. The Morgan fingerprint density at radius 1 is 1.17 bits per heavy atom. The first kappa shape index (κ1) is 19.1. The number of hydrogen-bond donors (Lipinski definition) is 1. The molecule has 2 aliphatic heterocycles. The molecule has 0 unspecified atom stereocenters. The van der Waals surface area contributed by atoms with Gasteiger partial charge in [0, 0.05) is 21.0 Å². The zero-order valence-electron chi connectivity index (χ0n) is 15.9. The predicted molar refractivity (Wildman–Crippen MR) is 125 cm³/mol. The van der Waals surface area contributed by atoms with E-state index in [4.69, 9.17) is 10.1 Å². The number of nitrogens with one attached hydrogen (secondary N) is 1. The van der Waals surface area contributed by atoms with Crippen LogP contribution in [0.25, 0.3) is 16.5 Å². The summed E-state index contributed by atoms with van der Waals surface area (Å²) in [6.45, 7) is 3.75. The Bertz CT molecular complexity index is 1350. The van der Waals surface area contributed by atoms with E-state index < -0.39 is 6.17 Å². The summed E-state index contributed by atoms with van der Waals surface area (Å²) in [7, 11) is 0. The van der Waals surface area contributed by atoms with E-state index in [1.54, 1.807) is 11.1 Å². The van der Waals surface area contributed by atoms with Crippen LogP contribution in [0.5, 0.6) is 0 Å². The maximum absolute atomic E-state index is 13.1. The normalized spacial score (nSPS) is 17.6. The molecule has 7 heteroatoms. The molecule has 3 aromatic rings. The first-order valence-electron chi connectivity index (χ1n) is 9.44. The van der Waals surface area contributed by atoms with E-state index in [0.29, 0.717) is 16.6 Å². The van der Waals surface area contributed by atoms with Gasteiger partial charge in [0.2, 0.25) is 0 Å². The van der Waals surface area contributed by atoms with E-state index in [-0.39, 0.29) is 5.91 Å². The quantitative estimate of drug-likeness (QED) is 0.586. The fourth-order valence-corrected chi connectivity index (χ4v) is 4.68. The van der Waals surface area contributed by atoms with Crippen molar-refractivity contribution in [2.24, 2.45) is 10.1 Å². The van der Waals surface area contributed by atoms with Gasteiger partial charge in [0.15, 0.2) is 11.3 Å². The average Bonchev–Trinajstić information content (AvgIpc) is 2.76. The molecular formula is C23H17BrN4OS. The van der Waals surface area contributed by atoms with E-state index in [0.717, 1.165) is 31.4 Å². The molecule has 2 heterocycles. The third kappa shape index (κ3) is 3.24. The highest BCUT2D eigenvalue weighted by atomic mass is 79.9. The standard InChI is InChI=1S/C23H17BrN4OS/c1-2-12-30-23-26-22(29)20-18-13-15(24)10-11-19(18)25-21(28(20)27-23)17-9-5-7-14-6-3-4-8-16(14)17/h2-11,13,21H,1,12H2,(H,26,27,29)/t21-/m0/s1. The SMILES string of the molecule is C=CCSC1=NN2C(=c3cc(Br)ccc3=N[C@@H]2c2cccc3ccccc23)C(=O)N1. The van der Waals surface area contributed by atoms with Gasteiger partial charge in [-0.25, -0.2) is 5.01 Å². The number of thioether (sulfide) groups is 1. The Labute approximate surface area is 186 Å². The first-order chi connectivity index (χ1) is 14.7. The second-order valence-electron chi connectivity index (χ2n) is 6.88. The van der Waals surface area contributed by atoms with Crippen LogP contribution < -0.4 is 15.9 Å². The molecule has 0 radical (unpaired) electrons. The zero-order valence-corrected chi connectivity index (χ0v) is 18.3. The second-order valence-corrected chi connectivity index (χ2v) is 8.81. The van der Waals surface area contributed by atoms with Gasteiger partial charge in [-0.1, -0.05) is 76.2 Å². The van der Waals surface area contributed by atoms with Crippen LogP contribution in [0, 0.1) is 0 Å². The van der Waals surface area contributed by atoms with Crippen LogP contribution in [0.3, 0.4) is 0 Å². The molecule has 1 atom stereocenters. The molecule has 0 saturated carbocycles. The lowest BCUT2D eigenvalue weighted by Gasteiger charge is -2.34. The second kappa shape index (κ2) is 7.74. The van der Waals surface area contributed by atoms with Gasteiger partial charge in [0.1, 0.15) is 5.70 Å². The molecule has 3 aromatic carbocycles. The summed E-state index contributed by atoms with van der Waals surface area (Å²) in [5, 5.41) is 13.7. The summed E-state index contributed by atoms with van der Waals surface area (Å²) < 4.78 is 0.885. The summed E-state index contributed by atoms with van der Waals surface area (Å²) in [5.41, 5.74) is 1.51. The Kier molecular flexibility index (Phi) is 4.92. The number of carbonyl (C=O) groups excluding carboxylic acids is 1. The largest absolute Gasteiger partial charge is 0.298 e. The molecule has 30 heavy (non-hydrogen) atoms. The van der Waals surface area contributed by atoms with Crippen molar-refractivity contribution in [2.45, 2.75) is 6.17 Å². The number of hydrogen-bond acceptors (Lipinski definition) is 5. The third-order valence-electron chi connectivity index (χ3n) is 5.01. The summed E-state index contributed by atoms with van der Waals surface area (Å²) >= 11 is 4.95.